The summed E-state index contributed by atoms with van der Waals surface area (Å²) in [5.41, 5.74) is 0.970. The number of amides is 1. The van der Waals surface area contributed by atoms with Gasteiger partial charge in [-0.1, -0.05) is 18.2 Å². The topological polar surface area (TPSA) is 78.6 Å². The molecule has 1 amide bonds. The Labute approximate surface area is 147 Å². The molecule has 2 heterocycles. The van der Waals surface area contributed by atoms with Crippen LogP contribution in [0.1, 0.15) is 10.4 Å². The van der Waals surface area contributed by atoms with Gasteiger partial charge in [0.25, 0.3) is 0 Å². The Balaban J connectivity index is 1.92. The molecule has 2 aromatic carbocycles. The van der Waals surface area contributed by atoms with Gasteiger partial charge in [-0.05, 0) is 30.3 Å². The molecule has 7 heteroatoms. The first-order valence-electron chi connectivity index (χ1n) is 7.75. The van der Waals surface area contributed by atoms with Gasteiger partial charge in [0.2, 0.25) is 12.8 Å². The number of para-hydroxylation sites is 1. The first kappa shape index (κ1) is 16.0. The molecule has 0 radical (unpaired) electrons. The quantitative estimate of drug-likeness (QED) is 0.508. The minimum absolute atomic E-state index is 0.113. The Hall–Kier alpha value is -3.45. The number of anilines is 1. The van der Waals surface area contributed by atoms with Crippen LogP contribution in [0.25, 0.3) is 21.9 Å². The van der Waals surface area contributed by atoms with Crippen molar-refractivity contribution in [1.82, 2.24) is 4.98 Å². The van der Waals surface area contributed by atoms with E-state index < -0.39 is 12.8 Å². The minimum atomic E-state index is -1.04. The Morgan fingerprint density at radius 3 is 2.81 bits per heavy atom. The summed E-state index contributed by atoms with van der Waals surface area (Å²) in [4.78, 5) is 16.6. The smallest absolute Gasteiger partial charge is 0.248 e. The molecule has 2 aromatic heterocycles. The molecule has 130 valence electrons. The maximum atomic E-state index is 12.8. The SMILES string of the molecule is O=C(c1ccc(OCF)c2oc3ccccc3c12)N([O-])c1cccnc1. The lowest BCUT2D eigenvalue weighted by Gasteiger charge is -2.28. The summed E-state index contributed by atoms with van der Waals surface area (Å²) in [6.07, 6.45) is 2.81. The number of ether oxygens (including phenoxy) is 1. The molecular formula is C19H12FN2O4-. The molecule has 0 unspecified atom stereocenters. The standard InChI is InChI=1S/C19H12FN2O4/c20-11-25-16-8-7-14(19(23)22(24)12-4-3-9-21-10-12)17-13-5-1-2-6-15(13)26-18(16)17/h1-10H,11H2/q-1. The number of fused-ring (bicyclic) bond motifs is 3. The van der Waals surface area contributed by atoms with E-state index in [0.29, 0.717) is 16.4 Å². The largest absolute Gasteiger partial charge is 0.751 e. The van der Waals surface area contributed by atoms with Crippen LogP contribution < -0.4 is 9.80 Å². The second-order valence-corrected chi connectivity index (χ2v) is 5.48. The van der Waals surface area contributed by atoms with Gasteiger partial charge < -0.3 is 19.4 Å². The fourth-order valence-corrected chi connectivity index (χ4v) is 2.86. The van der Waals surface area contributed by atoms with Crippen molar-refractivity contribution in [2.45, 2.75) is 0 Å². The maximum absolute atomic E-state index is 12.8. The van der Waals surface area contributed by atoms with E-state index in [-0.39, 0.29) is 27.6 Å². The Morgan fingerprint density at radius 1 is 1.19 bits per heavy atom. The summed E-state index contributed by atoms with van der Waals surface area (Å²) >= 11 is 0. The molecule has 0 aliphatic heterocycles. The van der Waals surface area contributed by atoms with Crippen molar-refractivity contribution in [3.05, 3.63) is 71.7 Å². The summed E-state index contributed by atoms with van der Waals surface area (Å²) < 4.78 is 23.4. The van der Waals surface area contributed by atoms with E-state index in [1.54, 1.807) is 30.3 Å². The van der Waals surface area contributed by atoms with E-state index in [1.807, 2.05) is 0 Å². The lowest BCUT2D eigenvalue weighted by molar-refractivity contribution is 0.0999. The molecule has 0 aliphatic carbocycles. The van der Waals surface area contributed by atoms with Gasteiger partial charge >= 0.3 is 0 Å². The van der Waals surface area contributed by atoms with Gasteiger partial charge in [0.05, 0.1) is 11.3 Å². The second-order valence-electron chi connectivity index (χ2n) is 5.48. The van der Waals surface area contributed by atoms with Crippen molar-refractivity contribution in [3.63, 3.8) is 0 Å². The molecule has 0 fully saturated rings. The van der Waals surface area contributed by atoms with Crippen LogP contribution in [0.15, 0.2) is 65.3 Å². The van der Waals surface area contributed by atoms with Crippen LogP contribution >= 0.6 is 0 Å². The molecule has 0 N–H and O–H groups in total. The van der Waals surface area contributed by atoms with E-state index in [0.717, 1.165) is 0 Å². The highest BCUT2D eigenvalue weighted by atomic mass is 19.1. The van der Waals surface area contributed by atoms with Crippen LogP contribution in [-0.4, -0.2) is 17.8 Å². The Kier molecular flexibility index (Phi) is 3.98. The van der Waals surface area contributed by atoms with E-state index in [4.69, 9.17) is 9.15 Å². The van der Waals surface area contributed by atoms with Gasteiger partial charge in [0.1, 0.15) is 5.58 Å². The number of pyridine rings is 1. The number of aromatic nitrogens is 1. The van der Waals surface area contributed by atoms with Crippen LogP contribution in [0.2, 0.25) is 0 Å². The van der Waals surface area contributed by atoms with Crippen molar-refractivity contribution in [2.75, 3.05) is 11.9 Å². The molecule has 0 saturated carbocycles. The molecule has 0 bridgehead atoms. The first-order valence-corrected chi connectivity index (χ1v) is 7.75. The summed E-state index contributed by atoms with van der Waals surface area (Å²) in [6.45, 7) is -1.04. The first-order chi connectivity index (χ1) is 12.7. The number of hydroxylamine groups is 1. The molecule has 0 aliphatic rings. The minimum Gasteiger partial charge on any atom is -0.751 e. The molecule has 4 rings (SSSR count). The second kappa shape index (κ2) is 6.45. The van der Waals surface area contributed by atoms with Crippen LogP contribution in [0.5, 0.6) is 5.75 Å². The zero-order chi connectivity index (χ0) is 18.1. The third-order valence-electron chi connectivity index (χ3n) is 4.00. The monoisotopic (exact) mass is 351 g/mol. The van der Waals surface area contributed by atoms with Crippen LogP contribution in [0, 0.1) is 5.21 Å². The predicted octanol–water partition coefficient (Wildman–Crippen LogP) is 4.43. The Morgan fingerprint density at radius 2 is 2.04 bits per heavy atom. The normalized spacial score (nSPS) is 11.0. The molecule has 0 saturated heterocycles. The van der Waals surface area contributed by atoms with Crippen molar-refractivity contribution < 1.29 is 18.3 Å². The number of alkyl halides is 1. The van der Waals surface area contributed by atoms with E-state index in [1.165, 1.54) is 30.6 Å². The van der Waals surface area contributed by atoms with Gasteiger partial charge in [-0.3, -0.25) is 9.78 Å². The molecule has 0 spiro atoms. The number of benzene rings is 2. The fourth-order valence-electron chi connectivity index (χ4n) is 2.86. The number of halogens is 1. The summed E-state index contributed by atoms with van der Waals surface area (Å²) in [5, 5.41) is 13.8. The fraction of sp³-hybridized carbons (Fsp3) is 0.0526. The van der Waals surface area contributed by atoms with Crippen molar-refractivity contribution in [3.8, 4) is 5.75 Å². The van der Waals surface area contributed by atoms with Crippen LogP contribution in [-0.2, 0) is 0 Å². The van der Waals surface area contributed by atoms with Gasteiger partial charge in [0, 0.05) is 23.2 Å². The lowest BCUT2D eigenvalue weighted by atomic mass is 10.0. The van der Waals surface area contributed by atoms with E-state index >= 15 is 0 Å². The third kappa shape index (κ3) is 2.55. The summed E-state index contributed by atoms with van der Waals surface area (Å²) in [7, 11) is 0. The number of carbonyl (C=O) groups is 1. The van der Waals surface area contributed by atoms with Gasteiger partial charge in [-0.2, -0.15) is 0 Å². The number of hydrogen-bond acceptors (Lipinski definition) is 5. The molecule has 4 aromatic rings. The molecule has 6 nitrogen and oxygen atoms in total. The third-order valence-corrected chi connectivity index (χ3v) is 4.00. The molecule has 26 heavy (non-hydrogen) atoms. The van der Waals surface area contributed by atoms with Gasteiger partial charge in [-0.25, -0.2) is 4.39 Å². The molecule has 0 atom stereocenters. The lowest BCUT2D eigenvalue weighted by Crippen LogP contribution is -2.24. The zero-order valence-electron chi connectivity index (χ0n) is 13.4. The predicted molar refractivity (Wildman–Crippen MR) is 94.7 cm³/mol. The van der Waals surface area contributed by atoms with Crippen molar-refractivity contribution in [1.29, 1.82) is 0 Å². The van der Waals surface area contributed by atoms with Gasteiger partial charge in [-0.15, -0.1) is 0 Å². The average molecular weight is 351 g/mol. The molecular weight excluding hydrogens is 339 g/mol. The summed E-state index contributed by atoms with van der Waals surface area (Å²) in [6, 6.07) is 12.9. The van der Waals surface area contributed by atoms with Crippen LogP contribution in [0.3, 0.4) is 0 Å². The highest BCUT2D eigenvalue weighted by Crippen LogP contribution is 2.37. The average Bonchev–Trinajstić information content (AvgIpc) is 3.08. The maximum Gasteiger partial charge on any atom is 0.248 e. The number of carbonyl (C=O) groups excluding carboxylic acids is 1. The highest BCUT2D eigenvalue weighted by molar-refractivity contribution is 6.21. The number of nitrogens with zero attached hydrogens (tertiary/aromatic N) is 2. The number of furan rings is 1. The number of rotatable bonds is 4. The highest BCUT2D eigenvalue weighted by Gasteiger charge is 2.21. The number of hydrogen-bond donors (Lipinski definition) is 0. The van der Waals surface area contributed by atoms with Crippen LogP contribution in [0.4, 0.5) is 10.1 Å². The Bertz CT molecular complexity index is 1090. The van der Waals surface area contributed by atoms with E-state index in [2.05, 4.69) is 4.98 Å². The van der Waals surface area contributed by atoms with E-state index in [9.17, 15) is 14.4 Å². The summed E-state index contributed by atoms with van der Waals surface area (Å²) in [5.74, 6) is -0.615. The van der Waals surface area contributed by atoms with Crippen molar-refractivity contribution >= 4 is 33.5 Å². The van der Waals surface area contributed by atoms with Crippen molar-refractivity contribution in [2.24, 2.45) is 0 Å². The zero-order valence-corrected chi connectivity index (χ0v) is 13.4. The van der Waals surface area contributed by atoms with Gasteiger partial charge in [0.15, 0.2) is 11.3 Å².